The molecule has 0 amide bonds. The van der Waals surface area contributed by atoms with E-state index in [1.807, 2.05) is 13.8 Å². The summed E-state index contributed by atoms with van der Waals surface area (Å²) in [5, 5.41) is 26.4. The number of ketones is 1. The number of primary sulfonamides is 1. The molecule has 4 N–H and O–H groups in total. The fraction of sp³-hybridized carbons (Fsp3) is 0.250. The van der Waals surface area contributed by atoms with Crippen LogP contribution in [0.15, 0.2) is 76.1 Å². The number of allylic oxidation sites excluding steroid dienone is 3. The van der Waals surface area contributed by atoms with E-state index in [1.54, 1.807) is 4.90 Å². The highest BCUT2D eigenvalue weighted by Gasteiger charge is 2.44. The van der Waals surface area contributed by atoms with E-state index in [9.17, 15) is 28.6 Å². The van der Waals surface area contributed by atoms with Crippen LogP contribution in [0.2, 0.25) is 0 Å². The molecule has 1 heterocycles. The summed E-state index contributed by atoms with van der Waals surface area (Å²) < 4.78 is 23.4. The fourth-order valence-electron chi connectivity index (χ4n) is 4.71. The lowest BCUT2D eigenvalue weighted by molar-refractivity contribution is -0.384. The maximum atomic E-state index is 13.5. The number of hydrogen-bond donors (Lipinski definition) is 2. The van der Waals surface area contributed by atoms with Crippen molar-refractivity contribution in [3.05, 3.63) is 86.9 Å². The summed E-state index contributed by atoms with van der Waals surface area (Å²) >= 11 is 0. The SMILES string of the molecule is CC1(C)CC(=O)C2=C(C1)N(c1ccc(S(N)(=O)=O)cc1)C(N)=C(C#N)[C@H]2c1ccc([N+](=O)[O-])cc1. The van der Waals surface area contributed by atoms with Gasteiger partial charge in [0.05, 0.1) is 27.4 Å². The Morgan fingerprint density at radius 1 is 1.11 bits per heavy atom. The average molecular weight is 494 g/mol. The lowest BCUT2D eigenvalue weighted by atomic mass is 9.68. The van der Waals surface area contributed by atoms with Gasteiger partial charge in [-0.05, 0) is 41.7 Å². The van der Waals surface area contributed by atoms with Gasteiger partial charge in [0.15, 0.2) is 5.78 Å². The predicted octanol–water partition coefficient (Wildman–Crippen LogP) is 3.18. The molecule has 11 heteroatoms. The third-order valence-corrected chi connectivity index (χ3v) is 7.17. The molecule has 0 radical (unpaired) electrons. The molecule has 1 aliphatic carbocycles. The van der Waals surface area contributed by atoms with Crippen LogP contribution in [-0.2, 0) is 14.8 Å². The minimum atomic E-state index is -3.91. The standard InChI is InChI=1S/C24H23N5O5S/c1-24(2)11-19-22(20(30)12-24)21(14-3-5-16(6-4-14)29(31)32)18(13-25)23(26)28(19)15-7-9-17(10-8-15)35(27,33)34/h3-10,21H,11-12,26H2,1-2H3,(H2,27,33,34)/t21-/m1/s1. The summed E-state index contributed by atoms with van der Waals surface area (Å²) in [5.41, 5.74) is 8.17. The number of benzene rings is 2. The summed E-state index contributed by atoms with van der Waals surface area (Å²) in [6.07, 6.45) is 0.722. The topological polar surface area (TPSA) is 173 Å². The highest BCUT2D eigenvalue weighted by molar-refractivity contribution is 7.89. The van der Waals surface area contributed by atoms with Gasteiger partial charge in [0, 0.05) is 35.5 Å². The smallest absolute Gasteiger partial charge is 0.269 e. The van der Waals surface area contributed by atoms with Crippen molar-refractivity contribution < 1.29 is 18.1 Å². The number of non-ortho nitro benzene ring substituents is 1. The molecular weight excluding hydrogens is 470 g/mol. The van der Waals surface area contributed by atoms with Crippen molar-refractivity contribution in [3.63, 3.8) is 0 Å². The molecule has 0 saturated carbocycles. The number of nitrogens with two attached hydrogens (primary N) is 2. The van der Waals surface area contributed by atoms with Crippen molar-refractivity contribution in [3.8, 4) is 6.07 Å². The second-order valence-electron chi connectivity index (χ2n) is 9.37. The van der Waals surface area contributed by atoms with Gasteiger partial charge in [-0.1, -0.05) is 26.0 Å². The monoisotopic (exact) mass is 493 g/mol. The Labute approximate surface area is 202 Å². The zero-order valence-electron chi connectivity index (χ0n) is 19.1. The Hall–Kier alpha value is -4.01. The first-order valence-electron chi connectivity index (χ1n) is 10.7. The Morgan fingerprint density at radius 2 is 1.71 bits per heavy atom. The Morgan fingerprint density at radius 3 is 2.23 bits per heavy atom. The van der Waals surface area contributed by atoms with E-state index < -0.39 is 20.9 Å². The summed E-state index contributed by atoms with van der Waals surface area (Å²) in [7, 11) is -3.91. The van der Waals surface area contributed by atoms with Gasteiger partial charge in [-0.3, -0.25) is 19.8 Å². The highest BCUT2D eigenvalue weighted by atomic mass is 32.2. The molecule has 2 aliphatic rings. The molecule has 4 rings (SSSR count). The van der Waals surface area contributed by atoms with Crippen LogP contribution in [0, 0.1) is 26.9 Å². The second-order valence-corrected chi connectivity index (χ2v) is 10.9. The van der Waals surface area contributed by atoms with Crippen molar-refractivity contribution in [1.29, 1.82) is 5.26 Å². The maximum Gasteiger partial charge on any atom is 0.269 e. The van der Waals surface area contributed by atoms with Gasteiger partial charge in [0.25, 0.3) is 5.69 Å². The van der Waals surface area contributed by atoms with Crippen LogP contribution >= 0.6 is 0 Å². The van der Waals surface area contributed by atoms with E-state index in [0.717, 1.165) is 0 Å². The second kappa shape index (κ2) is 8.33. The van der Waals surface area contributed by atoms with Crippen LogP contribution in [0.5, 0.6) is 0 Å². The van der Waals surface area contributed by atoms with Gasteiger partial charge in [-0.2, -0.15) is 5.26 Å². The van der Waals surface area contributed by atoms with Crippen molar-refractivity contribution in [2.24, 2.45) is 16.3 Å². The molecule has 180 valence electrons. The molecule has 0 saturated heterocycles. The van der Waals surface area contributed by atoms with Crippen LogP contribution in [-0.4, -0.2) is 19.1 Å². The number of nitro benzene ring substituents is 1. The van der Waals surface area contributed by atoms with Crippen LogP contribution in [0.3, 0.4) is 0 Å². The van der Waals surface area contributed by atoms with E-state index in [1.165, 1.54) is 48.5 Å². The molecule has 0 bridgehead atoms. The van der Waals surface area contributed by atoms with Gasteiger partial charge < -0.3 is 5.73 Å². The molecular formula is C24H23N5O5S. The normalized spacial score (nSPS) is 19.9. The molecule has 0 aromatic heterocycles. The van der Waals surface area contributed by atoms with Crippen molar-refractivity contribution in [2.45, 2.75) is 37.5 Å². The first kappa shape index (κ1) is 24.1. The summed E-state index contributed by atoms with van der Waals surface area (Å²) in [6.45, 7) is 3.91. The van der Waals surface area contributed by atoms with Crippen LogP contribution in [0.1, 0.15) is 38.2 Å². The first-order chi connectivity index (χ1) is 16.3. The highest BCUT2D eigenvalue weighted by Crippen LogP contribution is 2.50. The minimum absolute atomic E-state index is 0.0840. The van der Waals surface area contributed by atoms with Crippen molar-refractivity contribution in [2.75, 3.05) is 4.90 Å². The zero-order valence-corrected chi connectivity index (χ0v) is 19.9. The summed E-state index contributed by atoms with van der Waals surface area (Å²) in [4.78, 5) is 25.6. The quantitative estimate of drug-likeness (QED) is 0.482. The lowest BCUT2D eigenvalue weighted by Crippen LogP contribution is -2.42. The van der Waals surface area contributed by atoms with Crippen molar-refractivity contribution in [1.82, 2.24) is 0 Å². The summed E-state index contributed by atoms with van der Waals surface area (Å²) in [5.74, 6) is -0.825. The third-order valence-electron chi connectivity index (χ3n) is 6.24. The van der Waals surface area contributed by atoms with Gasteiger partial charge in [-0.25, -0.2) is 13.6 Å². The lowest BCUT2D eigenvalue weighted by Gasteiger charge is -2.43. The fourth-order valence-corrected chi connectivity index (χ4v) is 5.23. The zero-order chi connectivity index (χ0) is 25.7. The van der Waals surface area contributed by atoms with Gasteiger partial charge in [-0.15, -0.1) is 0 Å². The van der Waals surface area contributed by atoms with Crippen LogP contribution in [0.4, 0.5) is 11.4 Å². The number of nitrogens with zero attached hydrogens (tertiary/aromatic N) is 3. The van der Waals surface area contributed by atoms with Gasteiger partial charge in [0.1, 0.15) is 5.82 Å². The number of hydrogen-bond acceptors (Lipinski definition) is 8. The molecule has 10 nitrogen and oxygen atoms in total. The third kappa shape index (κ3) is 4.29. The Kier molecular flexibility index (Phi) is 5.75. The predicted molar refractivity (Wildman–Crippen MR) is 128 cm³/mol. The van der Waals surface area contributed by atoms with Crippen LogP contribution in [0.25, 0.3) is 0 Å². The number of Topliss-reactive ketones (excluding diaryl/α,β-unsaturated/α-hetero) is 1. The maximum absolute atomic E-state index is 13.5. The Bertz CT molecular complexity index is 1450. The van der Waals surface area contributed by atoms with E-state index in [4.69, 9.17) is 10.9 Å². The van der Waals surface area contributed by atoms with E-state index >= 15 is 0 Å². The number of carbonyl (C=O) groups excluding carboxylic acids is 1. The minimum Gasteiger partial charge on any atom is -0.384 e. The molecule has 2 aromatic rings. The number of anilines is 1. The van der Waals surface area contributed by atoms with Crippen LogP contribution < -0.4 is 15.8 Å². The Balaban J connectivity index is 1.94. The largest absolute Gasteiger partial charge is 0.384 e. The molecule has 1 atom stereocenters. The number of rotatable bonds is 4. The molecule has 2 aromatic carbocycles. The van der Waals surface area contributed by atoms with Crippen molar-refractivity contribution >= 4 is 27.2 Å². The van der Waals surface area contributed by atoms with E-state index in [-0.39, 0.29) is 39.6 Å². The van der Waals surface area contributed by atoms with E-state index in [0.29, 0.717) is 28.9 Å². The van der Waals surface area contributed by atoms with E-state index in [2.05, 4.69) is 6.07 Å². The summed E-state index contributed by atoms with van der Waals surface area (Å²) in [6, 6.07) is 13.6. The number of sulfonamides is 1. The molecule has 0 fully saturated rings. The van der Waals surface area contributed by atoms with Gasteiger partial charge >= 0.3 is 0 Å². The molecule has 0 unspecified atom stereocenters. The first-order valence-corrected chi connectivity index (χ1v) is 12.2. The molecule has 35 heavy (non-hydrogen) atoms. The number of nitriles is 1. The molecule has 1 aliphatic heterocycles. The number of nitro groups is 1. The average Bonchev–Trinajstić information content (AvgIpc) is 2.77. The molecule has 0 spiro atoms. The number of carbonyl (C=O) groups is 1. The van der Waals surface area contributed by atoms with Gasteiger partial charge in [0.2, 0.25) is 10.0 Å².